The van der Waals surface area contributed by atoms with Crippen molar-refractivity contribution in [1.82, 2.24) is 5.32 Å². The van der Waals surface area contributed by atoms with Crippen LogP contribution in [0.2, 0.25) is 0 Å². The van der Waals surface area contributed by atoms with Crippen LogP contribution in [0.3, 0.4) is 0 Å². The second kappa shape index (κ2) is 6.27. The first-order valence-electron chi connectivity index (χ1n) is 6.27. The lowest BCUT2D eigenvalue weighted by molar-refractivity contribution is 0.518. The minimum absolute atomic E-state index is 0.304. The molecule has 0 aliphatic carbocycles. The Hall–Kier alpha value is -2.25. The molecular formula is C16H14F2N2. The van der Waals surface area contributed by atoms with Crippen molar-refractivity contribution in [3.63, 3.8) is 0 Å². The molecular weight excluding hydrogens is 258 g/mol. The monoisotopic (exact) mass is 272 g/mol. The number of hydrogen-bond donors (Lipinski definition) is 1. The fourth-order valence-electron chi connectivity index (χ4n) is 1.92. The molecule has 0 saturated carbocycles. The molecule has 0 aliphatic heterocycles. The van der Waals surface area contributed by atoms with E-state index in [0.717, 1.165) is 17.7 Å². The highest BCUT2D eigenvalue weighted by Gasteiger charge is 2.11. The second-order valence-corrected chi connectivity index (χ2v) is 4.58. The summed E-state index contributed by atoms with van der Waals surface area (Å²) >= 11 is 0. The Balaban J connectivity index is 2.02. The lowest BCUT2D eigenvalue weighted by Gasteiger charge is -2.15. The highest BCUT2D eigenvalue weighted by molar-refractivity contribution is 5.31. The van der Waals surface area contributed by atoms with Crippen LogP contribution < -0.4 is 5.32 Å². The molecule has 2 nitrogen and oxygen atoms in total. The molecule has 0 bridgehead atoms. The van der Waals surface area contributed by atoms with Gasteiger partial charge in [0.15, 0.2) is 0 Å². The third kappa shape index (κ3) is 3.40. The standard InChI is InChI=1S/C16H14F2N2/c1-11(15-8-14(17)6-7-16(15)18)20-10-13-4-2-12(9-19)3-5-13/h2-8,11,20H,10H2,1H3. The molecule has 0 fully saturated rings. The Morgan fingerprint density at radius 2 is 1.85 bits per heavy atom. The van der Waals surface area contributed by atoms with Crippen LogP contribution in [0.1, 0.15) is 29.7 Å². The maximum Gasteiger partial charge on any atom is 0.128 e. The summed E-state index contributed by atoms with van der Waals surface area (Å²) in [7, 11) is 0. The van der Waals surface area contributed by atoms with E-state index in [-0.39, 0.29) is 6.04 Å². The zero-order valence-electron chi connectivity index (χ0n) is 11.0. The summed E-state index contributed by atoms with van der Waals surface area (Å²) in [5, 5.41) is 11.8. The minimum Gasteiger partial charge on any atom is -0.306 e. The fraction of sp³-hybridized carbons (Fsp3) is 0.188. The van der Waals surface area contributed by atoms with Gasteiger partial charge in [-0.05, 0) is 42.8 Å². The summed E-state index contributed by atoms with van der Waals surface area (Å²) in [5.74, 6) is -0.875. The van der Waals surface area contributed by atoms with Gasteiger partial charge >= 0.3 is 0 Å². The average molecular weight is 272 g/mol. The first kappa shape index (κ1) is 14.2. The number of hydrogen-bond acceptors (Lipinski definition) is 2. The van der Waals surface area contributed by atoms with Gasteiger partial charge in [0.2, 0.25) is 0 Å². The average Bonchev–Trinajstić information content (AvgIpc) is 2.47. The number of benzene rings is 2. The van der Waals surface area contributed by atoms with Crippen molar-refractivity contribution in [1.29, 1.82) is 5.26 Å². The maximum absolute atomic E-state index is 13.6. The number of nitrogens with one attached hydrogen (secondary N) is 1. The van der Waals surface area contributed by atoms with E-state index in [0.29, 0.717) is 17.7 Å². The molecule has 102 valence electrons. The third-order valence-electron chi connectivity index (χ3n) is 3.12. The molecule has 0 spiro atoms. The van der Waals surface area contributed by atoms with Gasteiger partial charge in [-0.2, -0.15) is 5.26 Å². The molecule has 2 rings (SSSR count). The zero-order valence-corrected chi connectivity index (χ0v) is 11.0. The van der Waals surface area contributed by atoms with Gasteiger partial charge in [0.25, 0.3) is 0 Å². The normalized spacial score (nSPS) is 11.9. The smallest absolute Gasteiger partial charge is 0.128 e. The zero-order chi connectivity index (χ0) is 14.5. The molecule has 0 radical (unpaired) electrons. The minimum atomic E-state index is -0.451. The molecule has 1 unspecified atom stereocenters. The van der Waals surface area contributed by atoms with Gasteiger partial charge in [-0.25, -0.2) is 8.78 Å². The quantitative estimate of drug-likeness (QED) is 0.921. The molecule has 20 heavy (non-hydrogen) atoms. The summed E-state index contributed by atoms with van der Waals surface area (Å²) < 4.78 is 26.7. The van der Waals surface area contributed by atoms with Gasteiger partial charge in [0.05, 0.1) is 11.6 Å². The van der Waals surface area contributed by atoms with E-state index in [1.807, 2.05) is 18.2 Å². The van der Waals surface area contributed by atoms with E-state index in [2.05, 4.69) is 5.32 Å². The van der Waals surface area contributed by atoms with Crippen molar-refractivity contribution in [2.24, 2.45) is 0 Å². The molecule has 0 heterocycles. The number of nitrogens with zero attached hydrogens (tertiary/aromatic N) is 1. The fourth-order valence-corrected chi connectivity index (χ4v) is 1.92. The summed E-state index contributed by atoms with van der Waals surface area (Å²) in [5.41, 5.74) is 1.88. The molecule has 1 atom stereocenters. The topological polar surface area (TPSA) is 35.8 Å². The number of halogens is 2. The SMILES string of the molecule is CC(NCc1ccc(C#N)cc1)c1cc(F)ccc1F. The van der Waals surface area contributed by atoms with Gasteiger partial charge in [-0.1, -0.05) is 12.1 Å². The van der Waals surface area contributed by atoms with E-state index in [9.17, 15) is 8.78 Å². The predicted octanol–water partition coefficient (Wildman–Crippen LogP) is 3.69. The van der Waals surface area contributed by atoms with Gasteiger partial charge in [0.1, 0.15) is 11.6 Å². The maximum atomic E-state index is 13.6. The Morgan fingerprint density at radius 1 is 1.15 bits per heavy atom. The largest absolute Gasteiger partial charge is 0.306 e. The van der Waals surface area contributed by atoms with E-state index in [1.165, 1.54) is 6.07 Å². The van der Waals surface area contributed by atoms with Crippen LogP contribution in [-0.2, 0) is 6.54 Å². The lowest BCUT2D eigenvalue weighted by atomic mass is 10.1. The van der Waals surface area contributed by atoms with E-state index >= 15 is 0 Å². The molecule has 0 aliphatic rings. The van der Waals surface area contributed by atoms with Crippen molar-refractivity contribution in [3.8, 4) is 6.07 Å². The Labute approximate surface area is 116 Å². The third-order valence-corrected chi connectivity index (χ3v) is 3.12. The van der Waals surface area contributed by atoms with Crippen LogP contribution in [-0.4, -0.2) is 0 Å². The Bertz CT molecular complexity index is 630. The van der Waals surface area contributed by atoms with Gasteiger partial charge in [-0.3, -0.25) is 0 Å². The first-order chi connectivity index (χ1) is 9.60. The van der Waals surface area contributed by atoms with Crippen LogP contribution in [0.15, 0.2) is 42.5 Å². The molecule has 2 aromatic rings. The van der Waals surface area contributed by atoms with Gasteiger partial charge in [0, 0.05) is 18.2 Å². The van der Waals surface area contributed by atoms with Crippen molar-refractivity contribution < 1.29 is 8.78 Å². The second-order valence-electron chi connectivity index (χ2n) is 4.58. The predicted molar refractivity (Wildman–Crippen MR) is 72.8 cm³/mol. The molecule has 1 N–H and O–H groups in total. The lowest BCUT2D eigenvalue weighted by Crippen LogP contribution is -2.19. The molecule has 4 heteroatoms. The van der Waals surface area contributed by atoms with Crippen LogP contribution in [0.25, 0.3) is 0 Å². The van der Waals surface area contributed by atoms with Crippen molar-refractivity contribution in [2.75, 3.05) is 0 Å². The van der Waals surface area contributed by atoms with Crippen LogP contribution in [0.5, 0.6) is 0 Å². The Morgan fingerprint density at radius 3 is 2.50 bits per heavy atom. The van der Waals surface area contributed by atoms with Gasteiger partial charge < -0.3 is 5.32 Å². The van der Waals surface area contributed by atoms with E-state index in [4.69, 9.17) is 5.26 Å². The Kier molecular flexibility index (Phi) is 4.44. The molecule has 2 aromatic carbocycles. The summed E-state index contributed by atoms with van der Waals surface area (Å²) in [6, 6.07) is 12.3. The summed E-state index contributed by atoms with van der Waals surface area (Å²) in [6.07, 6.45) is 0. The van der Waals surface area contributed by atoms with Crippen molar-refractivity contribution in [3.05, 3.63) is 70.8 Å². The van der Waals surface area contributed by atoms with Crippen LogP contribution >= 0.6 is 0 Å². The molecule has 0 saturated heterocycles. The molecule has 0 amide bonds. The number of nitriles is 1. The van der Waals surface area contributed by atoms with E-state index < -0.39 is 11.6 Å². The van der Waals surface area contributed by atoms with Crippen LogP contribution in [0.4, 0.5) is 8.78 Å². The van der Waals surface area contributed by atoms with Crippen LogP contribution in [0, 0.1) is 23.0 Å². The highest BCUT2D eigenvalue weighted by Crippen LogP contribution is 2.18. The van der Waals surface area contributed by atoms with Gasteiger partial charge in [-0.15, -0.1) is 0 Å². The highest BCUT2D eigenvalue weighted by atomic mass is 19.1. The van der Waals surface area contributed by atoms with E-state index in [1.54, 1.807) is 19.1 Å². The summed E-state index contributed by atoms with van der Waals surface area (Å²) in [4.78, 5) is 0. The molecule has 0 aromatic heterocycles. The summed E-state index contributed by atoms with van der Waals surface area (Å²) in [6.45, 7) is 2.30. The van der Waals surface area contributed by atoms with Crippen molar-refractivity contribution in [2.45, 2.75) is 19.5 Å². The first-order valence-corrected chi connectivity index (χ1v) is 6.27. The number of rotatable bonds is 4. The van der Waals surface area contributed by atoms with Crippen molar-refractivity contribution >= 4 is 0 Å².